The van der Waals surface area contributed by atoms with Gasteiger partial charge in [0.05, 0.1) is 0 Å². The van der Waals surface area contributed by atoms with E-state index in [1.807, 2.05) is 36.4 Å². The molecule has 0 aliphatic carbocycles. The maximum atomic E-state index is 12.8. The third-order valence-electron chi connectivity index (χ3n) is 6.00. The lowest BCUT2D eigenvalue weighted by molar-refractivity contribution is -0.135. The molecule has 2 aromatic rings. The fourth-order valence-corrected chi connectivity index (χ4v) is 4.28. The fraction of sp³-hybridized carbons (Fsp3) is 0.409. The Bertz CT molecular complexity index is 1170. The van der Waals surface area contributed by atoms with E-state index in [0.717, 1.165) is 10.3 Å². The number of carbonyl (C=O) groups is 2. The van der Waals surface area contributed by atoms with Crippen molar-refractivity contribution in [1.82, 2.24) is 14.0 Å². The molecule has 1 saturated heterocycles. The number of carbonyl (C=O) groups excluding carboxylic acids is 2. The smallest absolute Gasteiger partial charge is 0.331 e. The molecule has 2 aliphatic heterocycles. The van der Waals surface area contributed by atoms with Gasteiger partial charge in [0.2, 0.25) is 11.8 Å². The minimum absolute atomic E-state index is 0.0545. The van der Waals surface area contributed by atoms with Crippen LogP contribution < -0.4 is 16.6 Å². The number of fused-ring (bicyclic) bond motifs is 1. The van der Waals surface area contributed by atoms with E-state index in [1.54, 1.807) is 4.90 Å². The second kappa shape index (κ2) is 8.60. The molecule has 9 nitrogen and oxygen atoms in total. The van der Waals surface area contributed by atoms with Crippen molar-refractivity contribution in [3.8, 4) is 6.07 Å². The minimum atomic E-state index is -0.703. The summed E-state index contributed by atoms with van der Waals surface area (Å²) in [4.78, 5) is 52.1. The number of aromatic nitrogens is 2. The van der Waals surface area contributed by atoms with E-state index >= 15 is 0 Å². The zero-order chi connectivity index (χ0) is 22.0. The number of nitriles is 1. The molecule has 9 heteroatoms. The minimum Gasteiger partial charge on any atom is -0.341 e. The van der Waals surface area contributed by atoms with E-state index in [2.05, 4.69) is 5.32 Å². The Hall–Kier alpha value is -3.67. The molecule has 0 unspecified atom stereocenters. The molecule has 31 heavy (non-hydrogen) atoms. The van der Waals surface area contributed by atoms with Gasteiger partial charge < -0.3 is 10.2 Å². The van der Waals surface area contributed by atoms with Crippen LogP contribution in [0, 0.1) is 17.2 Å². The van der Waals surface area contributed by atoms with Gasteiger partial charge in [0, 0.05) is 36.9 Å². The van der Waals surface area contributed by atoms with E-state index in [9.17, 15) is 24.4 Å². The van der Waals surface area contributed by atoms with Gasteiger partial charge in [-0.1, -0.05) is 18.2 Å². The summed E-state index contributed by atoms with van der Waals surface area (Å²) in [5, 5.41) is 12.2. The van der Waals surface area contributed by atoms with Crippen molar-refractivity contribution in [3.63, 3.8) is 0 Å². The maximum absolute atomic E-state index is 12.8. The molecule has 2 aliphatic rings. The van der Waals surface area contributed by atoms with E-state index < -0.39 is 17.8 Å². The van der Waals surface area contributed by atoms with Crippen molar-refractivity contribution in [2.45, 2.75) is 38.8 Å². The van der Waals surface area contributed by atoms with Gasteiger partial charge >= 0.3 is 5.69 Å². The summed E-state index contributed by atoms with van der Waals surface area (Å²) in [6.07, 6.45) is 2.22. The molecular formula is C22H23N5O4. The monoisotopic (exact) mass is 421 g/mol. The van der Waals surface area contributed by atoms with Crippen LogP contribution in [0.15, 0.2) is 39.9 Å². The molecule has 3 heterocycles. The first-order valence-corrected chi connectivity index (χ1v) is 10.4. The number of benzene rings is 1. The lowest BCUT2D eigenvalue weighted by Crippen LogP contribution is -2.48. The van der Waals surface area contributed by atoms with Crippen molar-refractivity contribution in [3.05, 3.63) is 62.4 Å². The molecule has 0 saturated carbocycles. The predicted molar refractivity (Wildman–Crippen MR) is 112 cm³/mol. The second-order valence-corrected chi connectivity index (χ2v) is 7.87. The lowest BCUT2D eigenvalue weighted by atomic mass is 9.95. The van der Waals surface area contributed by atoms with Crippen LogP contribution in [0.4, 0.5) is 5.69 Å². The summed E-state index contributed by atoms with van der Waals surface area (Å²) < 4.78 is 2.29. The number of nitrogens with one attached hydrogen (secondary N) is 1. The number of hydrogen-bond acceptors (Lipinski definition) is 5. The number of hydrogen-bond donors (Lipinski definition) is 1. The molecule has 1 fully saturated rings. The van der Waals surface area contributed by atoms with Gasteiger partial charge in [-0.05, 0) is 37.8 Å². The Labute approximate surface area is 178 Å². The summed E-state index contributed by atoms with van der Waals surface area (Å²) in [6, 6.07) is 11.1. The Morgan fingerprint density at radius 3 is 2.48 bits per heavy atom. The zero-order valence-corrected chi connectivity index (χ0v) is 17.0. The van der Waals surface area contributed by atoms with Gasteiger partial charge in [-0.15, -0.1) is 0 Å². The second-order valence-electron chi connectivity index (χ2n) is 7.87. The highest BCUT2D eigenvalue weighted by atomic mass is 16.2. The van der Waals surface area contributed by atoms with Crippen LogP contribution in [0.25, 0.3) is 0 Å². The molecule has 1 aromatic heterocycles. The molecule has 4 rings (SSSR count). The Balaban J connectivity index is 1.41. The standard InChI is InChI=1S/C22H23N5O4/c23-13-17-18-7-4-10-26(18)22(31)27(21(17)30)14-19(28)25-11-8-15(9-12-25)20(29)24-16-5-2-1-3-6-16/h1-3,5-6,15H,4,7-12,14H2,(H,24,29). The van der Waals surface area contributed by atoms with E-state index in [-0.39, 0.29) is 23.3 Å². The Morgan fingerprint density at radius 2 is 1.81 bits per heavy atom. The highest BCUT2D eigenvalue weighted by Crippen LogP contribution is 2.20. The quantitative estimate of drug-likeness (QED) is 0.780. The first kappa shape index (κ1) is 20.6. The average molecular weight is 421 g/mol. The third kappa shape index (κ3) is 4.01. The first-order valence-electron chi connectivity index (χ1n) is 10.4. The van der Waals surface area contributed by atoms with Crippen LogP contribution in [-0.4, -0.2) is 38.9 Å². The van der Waals surface area contributed by atoms with Gasteiger partial charge in [-0.2, -0.15) is 5.26 Å². The first-order chi connectivity index (χ1) is 15.0. The molecule has 0 bridgehead atoms. The number of piperidine rings is 1. The predicted octanol–water partition coefficient (Wildman–Crippen LogP) is 0.705. The average Bonchev–Trinajstić information content (AvgIpc) is 3.27. The summed E-state index contributed by atoms with van der Waals surface area (Å²) in [6.45, 7) is 0.794. The van der Waals surface area contributed by atoms with Crippen LogP contribution in [-0.2, 0) is 29.1 Å². The van der Waals surface area contributed by atoms with E-state index in [1.165, 1.54) is 4.57 Å². The van der Waals surface area contributed by atoms with Crippen LogP contribution in [0.2, 0.25) is 0 Å². The zero-order valence-electron chi connectivity index (χ0n) is 17.0. The van der Waals surface area contributed by atoms with Gasteiger partial charge in [-0.3, -0.25) is 19.0 Å². The van der Waals surface area contributed by atoms with Crippen molar-refractivity contribution in [2.75, 3.05) is 18.4 Å². The maximum Gasteiger partial charge on any atom is 0.331 e. The Morgan fingerprint density at radius 1 is 1.10 bits per heavy atom. The van der Waals surface area contributed by atoms with Crippen molar-refractivity contribution in [2.24, 2.45) is 5.92 Å². The highest BCUT2D eigenvalue weighted by molar-refractivity contribution is 5.92. The topological polar surface area (TPSA) is 117 Å². The van der Waals surface area contributed by atoms with Crippen LogP contribution in [0.1, 0.15) is 30.5 Å². The summed E-state index contributed by atoms with van der Waals surface area (Å²) in [5.74, 6) is -0.642. The van der Waals surface area contributed by atoms with Crippen LogP contribution in [0.3, 0.4) is 0 Å². The van der Waals surface area contributed by atoms with Gasteiger partial charge in [0.1, 0.15) is 18.2 Å². The molecule has 1 N–H and O–H groups in total. The normalized spacial score (nSPS) is 15.9. The van der Waals surface area contributed by atoms with Gasteiger partial charge in [-0.25, -0.2) is 9.36 Å². The lowest BCUT2D eigenvalue weighted by Gasteiger charge is -2.31. The number of nitrogens with zero attached hydrogens (tertiary/aromatic N) is 4. The van der Waals surface area contributed by atoms with Crippen molar-refractivity contribution < 1.29 is 9.59 Å². The van der Waals surface area contributed by atoms with E-state index in [4.69, 9.17) is 0 Å². The number of amides is 2. The molecule has 2 amide bonds. The molecule has 1 aromatic carbocycles. The number of rotatable bonds is 4. The van der Waals surface area contributed by atoms with Crippen molar-refractivity contribution in [1.29, 1.82) is 5.26 Å². The third-order valence-corrected chi connectivity index (χ3v) is 6.00. The summed E-state index contributed by atoms with van der Waals surface area (Å²) in [7, 11) is 0. The molecular weight excluding hydrogens is 398 g/mol. The van der Waals surface area contributed by atoms with Gasteiger partial charge in [0.25, 0.3) is 5.56 Å². The van der Waals surface area contributed by atoms with Crippen LogP contribution in [0.5, 0.6) is 0 Å². The largest absolute Gasteiger partial charge is 0.341 e. The SMILES string of the molecule is N#Cc1c2n(c(=O)n(CC(=O)N3CCC(C(=O)Nc4ccccc4)CC3)c1=O)CCC2. The van der Waals surface area contributed by atoms with Gasteiger partial charge in [0.15, 0.2) is 0 Å². The fourth-order valence-electron chi connectivity index (χ4n) is 4.28. The van der Waals surface area contributed by atoms with Crippen LogP contribution >= 0.6 is 0 Å². The number of anilines is 1. The van der Waals surface area contributed by atoms with Crippen molar-refractivity contribution >= 4 is 17.5 Å². The number of para-hydroxylation sites is 1. The van der Waals surface area contributed by atoms with E-state index in [0.29, 0.717) is 51.0 Å². The highest BCUT2D eigenvalue weighted by Gasteiger charge is 2.29. The summed E-state index contributed by atoms with van der Waals surface area (Å²) >= 11 is 0. The number of likely N-dealkylation sites (tertiary alicyclic amines) is 1. The molecule has 0 atom stereocenters. The molecule has 0 spiro atoms. The molecule has 0 radical (unpaired) electrons. The Kier molecular flexibility index (Phi) is 5.71. The summed E-state index contributed by atoms with van der Waals surface area (Å²) in [5.41, 5.74) is -0.100. The molecule has 160 valence electrons.